The normalized spacial score (nSPS) is 19.7. The van der Waals surface area contributed by atoms with E-state index < -0.39 is 0 Å². The Morgan fingerprint density at radius 3 is 2.72 bits per heavy atom. The largest absolute Gasteiger partial charge is 0.382 e. The minimum Gasteiger partial charge on any atom is -0.382 e. The number of aryl methyl sites for hydroxylation is 1. The second kappa shape index (κ2) is 9.90. The van der Waals surface area contributed by atoms with Crippen LogP contribution in [0.15, 0.2) is 79.0 Å². The van der Waals surface area contributed by atoms with Gasteiger partial charge in [0, 0.05) is 59.2 Å². The van der Waals surface area contributed by atoms with Crippen LogP contribution in [-0.2, 0) is 17.6 Å². The van der Waals surface area contributed by atoms with Crippen molar-refractivity contribution in [1.29, 1.82) is 0 Å². The van der Waals surface area contributed by atoms with Gasteiger partial charge in [0.1, 0.15) is 0 Å². The molecule has 3 aromatic carbocycles. The van der Waals surface area contributed by atoms with Gasteiger partial charge in [-0.1, -0.05) is 48.0 Å². The van der Waals surface area contributed by atoms with Crippen LogP contribution >= 0.6 is 11.6 Å². The summed E-state index contributed by atoms with van der Waals surface area (Å²) in [4.78, 5) is 21.5. The Labute approximate surface area is 217 Å². The Morgan fingerprint density at radius 1 is 0.972 bits per heavy atom. The van der Waals surface area contributed by atoms with E-state index >= 15 is 0 Å². The van der Waals surface area contributed by atoms with Crippen LogP contribution in [0, 0.1) is 0 Å². The quantitative estimate of drug-likeness (QED) is 0.360. The lowest BCUT2D eigenvalue weighted by molar-refractivity contribution is -0.133. The molecule has 1 aromatic heterocycles. The number of hydrogen-bond donors (Lipinski definition) is 2. The number of fused-ring (bicyclic) bond motifs is 2. The molecule has 4 aromatic rings. The van der Waals surface area contributed by atoms with Gasteiger partial charge < -0.3 is 20.1 Å². The highest BCUT2D eigenvalue weighted by Gasteiger charge is 2.33. The first-order chi connectivity index (χ1) is 17.6. The third kappa shape index (κ3) is 4.68. The number of aromatic amines is 1. The van der Waals surface area contributed by atoms with Crippen molar-refractivity contribution in [2.24, 2.45) is 0 Å². The Kier molecular flexibility index (Phi) is 6.32. The zero-order chi connectivity index (χ0) is 24.5. The number of carbonyl (C=O) groups excluding carboxylic acids is 1. The zero-order valence-electron chi connectivity index (χ0n) is 20.3. The molecule has 184 valence electrons. The van der Waals surface area contributed by atoms with E-state index in [4.69, 9.17) is 11.6 Å². The van der Waals surface area contributed by atoms with Crippen LogP contribution in [0.2, 0.25) is 5.02 Å². The minimum absolute atomic E-state index is 0.135. The lowest BCUT2D eigenvalue weighted by Crippen LogP contribution is -2.57. The molecule has 2 unspecified atom stereocenters. The van der Waals surface area contributed by atoms with Crippen LogP contribution in [0.25, 0.3) is 10.9 Å². The van der Waals surface area contributed by atoms with Gasteiger partial charge in [0.25, 0.3) is 0 Å². The zero-order valence-corrected chi connectivity index (χ0v) is 21.0. The van der Waals surface area contributed by atoms with Gasteiger partial charge in [0.2, 0.25) is 5.91 Å². The van der Waals surface area contributed by atoms with Gasteiger partial charge in [-0.3, -0.25) is 4.79 Å². The lowest BCUT2D eigenvalue weighted by Gasteiger charge is -2.44. The summed E-state index contributed by atoms with van der Waals surface area (Å²) in [5.41, 5.74) is 6.01. The second-order valence-corrected chi connectivity index (χ2v) is 10.4. The van der Waals surface area contributed by atoms with Crippen LogP contribution in [-0.4, -0.2) is 47.5 Å². The number of para-hydroxylation sites is 1. The average Bonchev–Trinajstić information content (AvgIpc) is 3.39. The van der Waals surface area contributed by atoms with Crippen LogP contribution in [0.1, 0.15) is 24.0 Å². The third-order valence-electron chi connectivity index (χ3n) is 7.68. The predicted molar refractivity (Wildman–Crippen MR) is 148 cm³/mol. The van der Waals surface area contributed by atoms with Crippen molar-refractivity contribution in [3.05, 3.63) is 95.1 Å². The lowest BCUT2D eigenvalue weighted by atomic mass is 9.92. The number of carbonyl (C=O) groups is 1. The first-order valence-corrected chi connectivity index (χ1v) is 13.2. The Bertz CT molecular complexity index is 1360. The summed E-state index contributed by atoms with van der Waals surface area (Å²) in [6, 6.07) is 25.3. The predicted octanol–water partition coefficient (Wildman–Crippen LogP) is 5.90. The monoisotopic (exact) mass is 498 g/mol. The van der Waals surface area contributed by atoms with Crippen molar-refractivity contribution in [3.63, 3.8) is 0 Å². The van der Waals surface area contributed by atoms with Crippen LogP contribution < -0.4 is 10.2 Å². The molecular formula is C30H31ClN4O. The van der Waals surface area contributed by atoms with E-state index in [0.717, 1.165) is 50.0 Å². The first kappa shape index (κ1) is 23.0. The summed E-state index contributed by atoms with van der Waals surface area (Å²) in [7, 11) is 0. The van der Waals surface area contributed by atoms with Crippen molar-refractivity contribution in [1.82, 2.24) is 9.88 Å². The Balaban J connectivity index is 1.24. The Morgan fingerprint density at radius 2 is 1.83 bits per heavy atom. The molecule has 5 nitrogen and oxygen atoms in total. The molecule has 1 saturated heterocycles. The molecule has 2 N–H and O–H groups in total. The maximum atomic E-state index is 13.6. The number of amides is 1. The van der Waals surface area contributed by atoms with Gasteiger partial charge in [-0.15, -0.1) is 0 Å². The fourth-order valence-corrected chi connectivity index (χ4v) is 5.96. The van der Waals surface area contributed by atoms with E-state index in [2.05, 4.69) is 68.6 Å². The molecule has 1 amide bonds. The molecule has 6 rings (SSSR count). The van der Waals surface area contributed by atoms with Crippen LogP contribution in [0.4, 0.5) is 11.4 Å². The highest BCUT2D eigenvalue weighted by Crippen LogP contribution is 2.31. The van der Waals surface area contributed by atoms with Crippen molar-refractivity contribution in [2.75, 3.05) is 29.9 Å². The number of halogens is 1. The van der Waals surface area contributed by atoms with E-state index in [1.807, 2.05) is 30.5 Å². The van der Waals surface area contributed by atoms with Gasteiger partial charge in [-0.2, -0.15) is 0 Å². The standard InChI is InChI=1S/C30H31ClN4O/c31-23-11-8-21(9-12-23)18-30(36)35-17-16-34(29-7-3-6-28-26(29)14-15-32-28)20-25(35)19-24-13-10-22-4-1-2-5-27(22)33-24/h1-9,11-12,14-15,24-25,32-33H,10,13,16-20H2. The summed E-state index contributed by atoms with van der Waals surface area (Å²) in [5, 5.41) is 5.70. The molecule has 6 heteroatoms. The van der Waals surface area contributed by atoms with E-state index in [9.17, 15) is 4.79 Å². The molecule has 0 spiro atoms. The molecule has 2 aliphatic heterocycles. The fraction of sp³-hybridized carbons (Fsp3) is 0.300. The second-order valence-electron chi connectivity index (χ2n) is 9.98. The molecule has 1 fully saturated rings. The van der Waals surface area contributed by atoms with Gasteiger partial charge >= 0.3 is 0 Å². The van der Waals surface area contributed by atoms with Crippen LogP contribution in [0.5, 0.6) is 0 Å². The summed E-state index contributed by atoms with van der Waals surface area (Å²) in [6.45, 7) is 2.38. The smallest absolute Gasteiger partial charge is 0.227 e. The number of H-pyrrole nitrogens is 1. The molecule has 2 atom stereocenters. The summed E-state index contributed by atoms with van der Waals surface area (Å²) >= 11 is 6.06. The molecular weight excluding hydrogens is 468 g/mol. The fourth-order valence-electron chi connectivity index (χ4n) is 5.83. The van der Waals surface area contributed by atoms with E-state index in [1.54, 1.807) is 0 Å². The van der Waals surface area contributed by atoms with E-state index in [1.165, 1.54) is 22.3 Å². The summed E-state index contributed by atoms with van der Waals surface area (Å²) in [5.74, 6) is 0.193. The van der Waals surface area contributed by atoms with E-state index in [0.29, 0.717) is 17.5 Å². The van der Waals surface area contributed by atoms with Gasteiger partial charge in [-0.05, 0) is 66.8 Å². The first-order valence-electron chi connectivity index (χ1n) is 12.8. The number of aromatic nitrogens is 1. The number of rotatable bonds is 5. The van der Waals surface area contributed by atoms with Crippen molar-refractivity contribution >= 4 is 39.8 Å². The topological polar surface area (TPSA) is 51.4 Å². The molecule has 3 heterocycles. The van der Waals surface area contributed by atoms with Gasteiger partial charge in [0.15, 0.2) is 0 Å². The Hall–Kier alpha value is -3.44. The number of nitrogens with one attached hydrogen (secondary N) is 2. The SMILES string of the molecule is O=C(Cc1ccc(Cl)cc1)N1CCN(c2cccc3[nH]ccc23)CC1CC1CCc2ccccc2N1. The number of hydrogen-bond acceptors (Lipinski definition) is 3. The number of piperazine rings is 1. The van der Waals surface area contributed by atoms with Crippen molar-refractivity contribution in [3.8, 4) is 0 Å². The maximum absolute atomic E-state index is 13.6. The third-order valence-corrected chi connectivity index (χ3v) is 7.93. The van der Waals surface area contributed by atoms with Crippen molar-refractivity contribution in [2.45, 2.75) is 37.8 Å². The summed E-state index contributed by atoms with van der Waals surface area (Å²) in [6.07, 6.45) is 5.50. The average molecular weight is 499 g/mol. The minimum atomic E-state index is 0.135. The van der Waals surface area contributed by atoms with Gasteiger partial charge in [0.05, 0.1) is 12.5 Å². The molecule has 36 heavy (non-hydrogen) atoms. The number of nitrogens with zero attached hydrogens (tertiary/aromatic N) is 2. The highest BCUT2D eigenvalue weighted by atomic mass is 35.5. The van der Waals surface area contributed by atoms with E-state index in [-0.39, 0.29) is 11.9 Å². The molecule has 0 radical (unpaired) electrons. The molecule has 0 aliphatic carbocycles. The van der Waals surface area contributed by atoms with Crippen molar-refractivity contribution < 1.29 is 4.79 Å². The molecule has 0 saturated carbocycles. The molecule has 2 aliphatic rings. The number of anilines is 2. The summed E-state index contributed by atoms with van der Waals surface area (Å²) < 4.78 is 0. The molecule has 0 bridgehead atoms. The highest BCUT2D eigenvalue weighted by molar-refractivity contribution is 6.30. The number of benzene rings is 3. The van der Waals surface area contributed by atoms with Gasteiger partial charge in [-0.25, -0.2) is 0 Å². The maximum Gasteiger partial charge on any atom is 0.227 e. The van der Waals surface area contributed by atoms with Crippen LogP contribution in [0.3, 0.4) is 0 Å².